The lowest BCUT2D eigenvalue weighted by Gasteiger charge is -2.11. The van der Waals surface area contributed by atoms with Crippen molar-refractivity contribution in [3.63, 3.8) is 0 Å². The number of carbonyl (C=O) groups excluding carboxylic acids is 1. The fourth-order valence-corrected chi connectivity index (χ4v) is 5.05. The number of anilines is 1. The zero-order valence-electron chi connectivity index (χ0n) is 17.7. The van der Waals surface area contributed by atoms with Gasteiger partial charge >= 0.3 is 0 Å². The molecule has 0 radical (unpaired) electrons. The van der Waals surface area contributed by atoms with Crippen LogP contribution in [0.15, 0.2) is 83.2 Å². The van der Waals surface area contributed by atoms with Crippen molar-refractivity contribution in [3.8, 4) is 22.5 Å². The molecule has 0 bridgehead atoms. The quantitative estimate of drug-likeness (QED) is 0.236. The van der Waals surface area contributed by atoms with Crippen LogP contribution in [0.1, 0.15) is 17.3 Å². The molecule has 0 aliphatic carbocycles. The molecule has 0 saturated carbocycles. The number of aromatic nitrogens is 4. The van der Waals surface area contributed by atoms with Gasteiger partial charge in [0.25, 0.3) is 5.91 Å². The maximum atomic E-state index is 12.8. The van der Waals surface area contributed by atoms with Crippen molar-refractivity contribution in [3.05, 3.63) is 84.4 Å². The molecule has 0 aliphatic rings. The number of nitrogens with zero attached hydrogens (tertiary/aromatic N) is 4. The van der Waals surface area contributed by atoms with Gasteiger partial charge < -0.3 is 0 Å². The molecule has 2 heterocycles. The average molecular weight is 470 g/mol. The third-order valence-corrected chi connectivity index (χ3v) is 6.77. The van der Waals surface area contributed by atoms with Crippen LogP contribution in [0.25, 0.3) is 33.5 Å². The molecule has 0 aliphatic heterocycles. The van der Waals surface area contributed by atoms with Crippen molar-refractivity contribution in [1.29, 1.82) is 0 Å². The summed E-state index contributed by atoms with van der Waals surface area (Å²) in [6, 6.07) is 25.3. The monoisotopic (exact) mass is 469 g/mol. The summed E-state index contributed by atoms with van der Waals surface area (Å²) in [6.07, 6.45) is 0. The Balaban J connectivity index is 1.54. The fraction of sp³-hybridized carbons (Fsp3) is 0.0800. The van der Waals surface area contributed by atoms with E-state index in [4.69, 9.17) is 9.97 Å². The minimum absolute atomic E-state index is 0.253. The number of fused-ring (bicyclic) bond motifs is 1. The van der Waals surface area contributed by atoms with Gasteiger partial charge in [-0.05, 0) is 24.0 Å². The van der Waals surface area contributed by atoms with Gasteiger partial charge in [0.1, 0.15) is 0 Å². The van der Waals surface area contributed by atoms with Crippen LogP contribution in [-0.4, -0.2) is 31.8 Å². The highest BCUT2D eigenvalue weighted by Gasteiger charge is 2.16. The normalized spacial score (nSPS) is 10.9. The molecular weight excluding hydrogens is 450 g/mol. The molecule has 162 valence electrons. The van der Waals surface area contributed by atoms with Crippen LogP contribution in [0.5, 0.6) is 0 Å². The summed E-state index contributed by atoms with van der Waals surface area (Å²) in [4.78, 5) is 22.7. The molecule has 8 heteroatoms. The Bertz CT molecular complexity index is 1420. The summed E-state index contributed by atoms with van der Waals surface area (Å²) in [6.45, 7) is 2.05. The first-order valence-corrected chi connectivity index (χ1v) is 12.2. The largest absolute Gasteiger partial charge is 0.296 e. The number of hydrogen-bond acceptors (Lipinski definition) is 7. The molecule has 1 amide bonds. The van der Waals surface area contributed by atoms with E-state index in [-0.39, 0.29) is 5.91 Å². The van der Waals surface area contributed by atoms with Crippen molar-refractivity contribution in [1.82, 2.24) is 20.2 Å². The van der Waals surface area contributed by atoms with Crippen LogP contribution < -0.4 is 5.32 Å². The zero-order valence-corrected chi connectivity index (χ0v) is 19.4. The molecule has 33 heavy (non-hydrogen) atoms. The van der Waals surface area contributed by atoms with E-state index in [1.807, 2.05) is 73.7 Å². The zero-order chi connectivity index (χ0) is 22.6. The lowest BCUT2D eigenvalue weighted by molar-refractivity contribution is 0.102. The van der Waals surface area contributed by atoms with Crippen LogP contribution >= 0.6 is 23.1 Å². The van der Waals surface area contributed by atoms with Gasteiger partial charge in [-0.15, -0.1) is 10.2 Å². The maximum Gasteiger partial charge on any atom is 0.257 e. The van der Waals surface area contributed by atoms with Gasteiger partial charge in [-0.3, -0.25) is 10.1 Å². The van der Waals surface area contributed by atoms with Crippen LogP contribution in [0.3, 0.4) is 0 Å². The highest BCUT2D eigenvalue weighted by atomic mass is 32.2. The molecule has 0 atom stereocenters. The van der Waals surface area contributed by atoms with E-state index in [0.717, 1.165) is 38.1 Å². The van der Waals surface area contributed by atoms with E-state index in [2.05, 4.69) is 15.5 Å². The summed E-state index contributed by atoms with van der Waals surface area (Å²) in [5.74, 6) is 0.650. The van der Waals surface area contributed by atoms with Crippen LogP contribution in [0.2, 0.25) is 0 Å². The van der Waals surface area contributed by atoms with E-state index in [9.17, 15) is 4.79 Å². The predicted octanol–water partition coefficient (Wildman–Crippen LogP) is 6.18. The van der Waals surface area contributed by atoms with E-state index in [0.29, 0.717) is 16.2 Å². The number of thioether (sulfide) groups is 1. The summed E-state index contributed by atoms with van der Waals surface area (Å²) >= 11 is 2.96. The summed E-state index contributed by atoms with van der Waals surface area (Å²) in [7, 11) is 0. The lowest BCUT2D eigenvalue weighted by Crippen LogP contribution is -2.11. The van der Waals surface area contributed by atoms with E-state index >= 15 is 0 Å². The topological polar surface area (TPSA) is 80.7 Å². The van der Waals surface area contributed by atoms with Crippen LogP contribution in [-0.2, 0) is 0 Å². The van der Waals surface area contributed by atoms with Crippen molar-refractivity contribution in [2.24, 2.45) is 0 Å². The fourth-order valence-electron chi connectivity index (χ4n) is 3.40. The first kappa shape index (κ1) is 21.2. The summed E-state index contributed by atoms with van der Waals surface area (Å²) in [5.41, 5.74) is 5.41. The molecule has 0 saturated heterocycles. The molecule has 6 nitrogen and oxygen atoms in total. The number of hydrogen-bond donors (Lipinski definition) is 1. The molecule has 0 unspecified atom stereocenters. The summed E-state index contributed by atoms with van der Waals surface area (Å²) < 4.78 is 0.832. The predicted molar refractivity (Wildman–Crippen MR) is 135 cm³/mol. The number of amides is 1. The highest BCUT2D eigenvalue weighted by molar-refractivity contribution is 8.01. The number of carbonyl (C=O) groups is 1. The SMILES string of the molecule is CCSc1nnc(NC(=O)c2ccc3nc(-c4ccccc4)c(-c4ccccc4)nc3c2)s1. The molecule has 1 N–H and O–H groups in total. The van der Waals surface area contributed by atoms with E-state index < -0.39 is 0 Å². The van der Waals surface area contributed by atoms with Gasteiger partial charge in [-0.1, -0.05) is 90.7 Å². The number of nitrogens with one attached hydrogen (secondary N) is 1. The Kier molecular flexibility index (Phi) is 6.10. The first-order chi connectivity index (χ1) is 16.2. The highest BCUT2D eigenvalue weighted by Crippen LogP contribution is 2.31. The first-order valence-electron chi connectivity index (χ1n) is 10.4. The van der Waals surface area contributed by atoms with Gasteiger partial charge in [-0.2, -0.15) is 0 Å². The molecule has 2 aromatic heterocycles. The Morgan fingerprint density at radius 2 is 1.48 bits per heavy atom. The minimum atomic E-state index is -0.253. The van der Waals surface area contributed by atoms with Gasteiger partial charge in [0.15, 0.2) is 4.34 Å². The standard InChI is InChI=1S/C25H19N5OS2/c1-2-32-25-30-29-24(33-25)28-23(31)18-13-14-19-20(15-18)27-22(17-11-7-4-8-12-17)21(26-19)16-9-5-3-6-10-16/h3-15H,2H2,1H3,(H,28,29,31). The van der Waals surface area contributed by atoms with Crippen molar-refractivity contribution in [2.75, 3.05) is 11.1 Å². The van der Waals surface area contributed by atoms with Crippen LogP contribution in [0.4, 0.5) is 5.13 Å². The van der Waals surface area contributed by atoms with Gasteiger partial charge in [0.2, 0.25) is 5.13 Å². The third-order valence-electron chi connectivity index (χ3n) is 4.92. The molecule has 5 aromatic rings. The van der Waals surface area contributed by atoms with E-state index in [1.54, 1.807) is 23.9 Å². The molecular formula is C25H19N5OS2. The lowest BCUT2D eigenvalue weighted by atomic mass is 10.0. The third kappa shape index (κ3) is 4.62. The van der Waals surface area contributed by atoms with Crippen molar-refractivity contribution in [2.45, 2.75) is 11.3 Å². The molecule has 0 spiro atoms. The molecule has 5 rings (SSSR count). The van der Waals surface area contributed by atoms with Crippen LogP contribution in [0, 0.1) is 0 Å². The Hall–Kier alpha value is -3.62. The van der Waals surface area contributed by atoms with Crippen molar-refractivity contribution >= 4 is 45.2 Å². The number of benzene rings is 3. The van der Waals surface area contributed by atoms with E-state index in [1.165, 1.54) is 11.3 Å². The smallest absolute Gasteiger partial charge is 0.257 e. The summed E-state index contributed by atoms with van der Waals surface area (Å²) in [5, 5.41) is 11.4. The van der Waals surface area contributed by atoms with Gasteiger partial charge in [-0.25, -0.2) is 9.97 Å². The second-order valence-corrected chi connectivity index (χ2v) is 9.61. The van der Waals surface area contributed by atoms with Gasteiger partial charge in [0.05, 0.1) is 22.4 Å². The Morgan fingerprint density at radius 3 is 2.12 bits per heavy atom. The van der Waals surface area contributed by atoms with Gasteiger partial charge in [0, 0.05) is 16.7 Å². The second-order valence-electron chi connectivity index (χ2n) is 7.12. The maximum absolute atomic E-state index is 12.8. The second kappa shape index (κ2) is 9.48. The molecule has 0 fully saturated rings. The average Bonchev–Trinajstić information content (AvgIpc) is 3.31. The molecule has 3 aromatic carbocycles. The Labute approximate surface area is 199 Å². The Morgan fingerprint density at radius 1 is 0.848 bits per heavy atom. The number of rotatable bonds is 6. The minimum Gasteiger partial charge on any atom is -0.296 e. The van der Waals surface area contributed by atoms with Crippen molar-refractivity contribution < 1.29 is 4.79 Å².